The van der Waals surface area contributed by atoms with Gasteiger partial charge in [0.15, 0.2) is 5.78 Å². The van der Waals surface area contributed by atoms with E-state index in [1.165, 1.54) is 11.3 Å². The number of ether oxygens (including phenoxy) is 2. The van der Waals surface area contributed by atoms with Crippen molar-refractivity contribution >= 4 is 23.1 Å². The lowest BCUT2D eigenvalue weighted by atomic mass is 10.1. The third-order valence-corrected chi connectivity index (χ3v) is 4.54. The van der Waals surface area contributed by atoms with Crippen LogP contribution >= 0.6 is 11.3 Å². The summed E-state index contributed by atoms with van der Waals surface area (Å²) in [6.45, 7) is 2.04. The molecular weight excluding hydrogens is 366 g/mol. The molecule has 3 aromatic rings. The van der Waals surface area contributed by atoms with Gasteiger partial charge in [-0.3, -0.25) is 9.59 Å². The van der Waals surface area contributed by atoms with Crippen molar-refractivity contribution in [3.05, 3.63) is 52.9 Å². The quantitative estimate of drug-likeness (QED) is 0.569. The van der Waals surface area contributed by atoms with E-state index in [1.807, 2.05) is 24.3 Å². The van der Waals surface area contributed by atoms with Crippen LogP contribution in [0.5, 0.6) is 5.75 Å². The summed E-state index contributed by atoms with van der Waals surface area (Å²) in [5.41, 5.74) is 2.28. The minimum Gasteiger partial charge on any atom is -0.485 e. The highest BCUT2D eigenvalue weighted by Crippen LogP contribution is 2.27. The molecule has 27 heavy (non-hydrogen) atoms. The summed E-state index contributed by atoms with van der Waals surface area (Å²) in [5, 5.41) is 2.43. The van der Waals surface area contributed by atoms with Gasteiger partial charge in [-0.05, 0) is 19.1 Å². The van der Waals surface area contributed by atoms with E-state index in [0.717, 1.165) is 11.3 Å². The normalized spacial score (nSPS) is 10.6. The van der Waals surface area contributed by atoms with Gasteiger partial charge in [-0.2, -0.15) is 0 Å². The predicted octanol–water partition coefficient (Wildman–Crippen LogP) is 2.83. The van der Waals surface area contributed by atoms with Crippen molar-refractivity contribution in [2.45, 2.75) is 19.8 Å². The first kappa shape index (κ1) is 18.8. The first-order valence-electron chi connectivity index (χ1n) is 8.47. The second-order valence-electron chi connectivity index (χ2n) is 5.68. The number of aromatic amines is 1. The topological polar surface area (TPSA) is 94.2 Å². The highest BCUT2D eigenvalue weighted by molar-refractivity contribution is 7.09. The number of para-hydroxylation sites is 1. The molecule has 7 nitrogen and oxygen atoms in total. The molecule has 0 unspecified atom stereocenters. The molecule has 0 aliphatic heterocycles. The number of imidazole rings is 1. The first-order valence-corrected chi connectivity index (χ1v) is 9.35. The van der Waals surface area contributed by atoms with Gasteiger partial charge in [0, 0.05) is 10.9 Å². The molecule has 0 fully saturated rings. The molecule has 0 aliphatic rings. The minimum absolute atomic E-state index is 0.0576. The summed E-state index contributed by atoms with van der Waals surface area (Å²) in [6, 6.07) is 7.45. The Kier molecular flexibility index (Phi) is 6.32. The molecule has 2 heterocycles. The summed E-state index contributed by atoms with van der Waals surface area (Å²) < 4.78 is 10.6. The standard InChI is InChI=1S/C19H19N3O4S/c1-2-25-19(24)7-13-11-27-18(22-13)8-14(23)10-26-17-6-4-3-5-15(17)16-9-20-12-21-16/h3-6,9,11-12H,2,7-8,10H2,1H3,(H,20,21). The number of aromatic nitrogens is 3. The summed E-state index contributed by atoms with van der Waals surface area (Å²) in [4.78, 5) is 35.1. The Labute approximate surface area is 160 Å². The fourth-order valence-corrected chi connectivity index (χ4v) is 3.29. The average Bonchev–Trinajstić information content (AvgIpc) is 3.33. The fourth-order valence-electron chi connectivity index (χ4n) is 2.47. The van der Waals surface area contributed by atoms with Gasteiger partial charge in [-0.25, -0.2) is 9.97 Å². The summed E-state index contributed by atoms with van der Waals surface area (Å²) in [6.07, 6.45) is 3.57. The Morgan fingerprint density at radius 3 is 2.85 bits per heavy atom. The molecular formula is C19H19N3O4S. The fraction of sp³-hybridized carbons (Fsp3) is 0.263. The monoisotopic (exact) mass is 385 g/mol. The van der Waals surface area contributed by atoms with Gasteiger partial charge in [0.1, 0.15) is 17.4 Å². The molecule has 0 spiro atoms. The van der Waals surface area contributed by atoms with Crippen molar-refractivity contribution in [2.24, 2.45) is 0 Å². The molecule has 1 N–H and O–H groups in total. The third-order valence-electron chi connectivity index (χ3n) is 3.64. The van der Waals surface area contributed by atoms with E-state index in [-0.39, 0.29) is 31.2 Å². The number of carbonyl (C=O) groups excluding carboxylic acids is 2. The maximum absolute atomic E-state index is 12.2. The largest absolute Gasteiger partial charge is 0.485 e. The van der Waals surface area contributed by atoms with Crippen LogP contribution in [0.3, 0.4) is 0 Å². The van der Waals surface area contributed by atoms with Crippen LogP contribution in [0.4, 0.5) is 0 Å². The van der Waals surface area contributed by atoms with Gasteiger partial charge in [0.05, 0.1) is 43.4 Å². The van der Waals surface area contributed by atoms with Gasteiger partial charge in [0.25, 0.3) is 0 Å². The van der Waals surface area contributed by atoms with E-state index < -0.39 is 0 Å². The van der Waals surface area contributed by atoms with Gasteiger partial charge in [-0.15, -0.1) is 11.3 Å². The number of benzene rings is 1. The van der Waals surface area contributed by atoms with Gasteiger partial charge in [0.2, 0.25) is 0 Å². The zero-order valence-corrected chi connectivity index (χ0v) is 15.6. The Balaban J connectivity index is 1.55. The predicted molar refractivity (Wildman–Crippen MR) is 101 cm³/mol. The zero-order valence-electron chi connectivity index (χ0n) is 14.8. The van der Waals surface area contributed by atoms with E-state index in [0.29, 0.717) is 23.1 Å². The van der Waals surface area contributed by atoms with Crippen LogP contribution < -0.4 is 4.74 Å². The van der Waals surface area contributed by atoms with Crippen LogP contribution in [0, 0.1) is 0 Å². The maximum atomic E-state index is 12.2. The van der Waals surface area contributed by atoms with Gasteiger partial charge < -0.3 is 14.5 Å². The maximum Gasteiger partial charge on any atom is 0.311 e. The molecule has 3 rings (SSSR count). The van der Waals surface area contributed by atoms with Crippen LogP contribution in [-0.2, 0) is 27.2 Å². The average molecular weight is 385 g/mol. The van der Waals surface area contributed by atoms with E-state index in [4.69, 9.17) is 9.47 Å². The molecule has 2 aromatic heterocycles. The smallest absolute Gasteiger partial charge is 0.311 e. The molecule has 0 radical (unpaired) electrons. The van der Waals surface area contributed by atoms with Gasteiger partial charge >= 0.3 is 5.97 Å². The summed E-state index contributed by atoms with van der Waals surface area (Å²) in [5.74, 6) is 0.197. The Morgan fingerprint density at radius 2 is 2.07 bits per heavy atom. The number of ketones is 1. The Hall–Kier alpha value is -3.00. The number of thiazole rings is 1. The molecule has 140 valence electrons. The molecule has 0 aliphatic carbocycles. The van der Waals surface area contributed by atoms with Crippen LogP contribution in [-0.4, -0.2) is 39.9 Å². The Morgan fingerprint density at radius 1 is 1.22 bits per heavy atom. The number of hydrogen-bond acceptors (Lipinski definition) is 7. The van der Waals surface area contributed by atoms with E-state index in [9.17, 15) is 9.59 Å². The van der Waals surface area contributed by atoms with Crippen molar-refractivity contribution in [3.8, 4) is 17.0 Å². The number of nitrogens with zero attached hydrogens (tertiary/aromatic N) is 2. The number of H-pyrrole nitrogens is 1. The van der Waals surface area contributed by atoms with Crippen LogP contribution in [0.25, 0.3) is 11.3 Å². The molecule has 8 heteroatoms. The number of esters is 1. The van der Waals surface area contributed by atoms with E-state index in [2.05, 4.69) is 15.0 Å². The molecule has 0 atom stereocenters. The highest BCUT2D eigenvalue weighted by Gasteiger charge is 2.13. The van der Waals surface area contributed by atoms with Gasteiger partial charge in [-0.1, -0.05) is 12.1 Å². The number of nitrogens with one attached hydrogen (secondary N) is 1. The lowest BCUT2D eigenvalue weighted by Crippen LogP contribution is -2.14. The molecule has 0 saturated carbocycles. The van der Waals surface area contributed by atoms with Crippen LogP contribution in [0.2, 0.25) is 0 Å². The van der Waals surface area contributed by atoms with Crippen molar-refractivity contribution in [1.29, 1.82) is 0 Å². The number of hydrogen-bond donors (Lipinski definition) is 1. The van der Waals surface area contributed by atoms with Crippen LogP contribution in [0.15, 0.2) is 42.2 Å². The second-order valence-corrected chi connectivity index (χ2v) is 6.62. The second kappa shape index (κ2) is 9.09. The number of carbonyl (C=O) groups is 2. The van der Waals surface area contributed by atoms with Crippen molar-refractivity contribution < 1.29 is 19.1 Å². The number of rotatable bonds is 9. The zero-order chi connectivity index (χ0) is 19.1. The SMILES string of the molecule is CCOC(=O)Cc1csc(CC(=O)COc2ccccc2-c2cnc[nH]2)n1. The van der Waals surface area contributed by atoms with E-state index in [1.54, 1.807) is 24.8 Å². The van der Waals surface area contributed by atoms with Crippen LogP contribution in [0.1, 0.15) is 17.6 Å². The molecule has 0 bridgehead atoms. The Bertz CT molecular complexity index is 905. The highest BCUT2D eigenvalue weighted by atomic mass is 32.1. The summed E-state index contributed by atoms with van der Waals surface area (Å²) in [7, 11) is 0. The van der Waals surface area contributed by atoms with Crippen molar-refractivity contribution in [3.63, 3.8) is 0 Å². The number of Topliss-reactive ketones (excluding diaryl/α,β-unsaturated/α-hetero) is 1. The summed E-state index contributed by atoms with van der Waals surface area (Å²) >= 11 is 1.35. The minimum atomic E-state index is -0.320. The lowest BCUT2D eigenvalue weighted by molar-refractivity contribution is -0.142. The molecule has 0 amide bonds. The molecule has 0 saturated heterocycles. The first-order chi connectivity index (χ1) is 13.2. The molecule has 1 aromatic carbocycles. The lowest BCUT2D eigenvalue weighted by Gasteiger charge is -2.09. The van der Waals surface area contributed by atoms with E-state index >= 15 is 0 Å². The van der Waals surface area contributed by atoms with Crippen molar-refractivity contribution in [1.82, 2.24) is 15.0 Å². The van der Waals surface area contributed by atoms with Crippen molar-refractivity contribution in [2.75, 3.05) is 13.2 Å². The third kappa shape index (κ3) is 5.24.